The van der Waals surface area contributed by atoms with Crippen LogP contribution in [0, 0.1) is 18.6 Å². The van der Waals surface area contributed by atoms with Crippen molar-refractivity contribution in [1.82, 2.24) is 25.3 Å². The van der Waals surface area contributed by atoms with Crippen molar-refractivity contribution >= 4 is 23.3 Å². The highest BCUT2D eigenvalue weighted by Gasteiger charge is 2.60. The first kappa shape index (κ1) is 23.7. The first-order chi connectivity index (χ1) is 17.0. The number of carbonyl (C=O) groups is 3. The van der Waals surface area contributed by atoms with Crippen LogP contribution < -0.4 is 10.6 Å². The number of amides is 2. The Labute approximate surface area is 201 Å². The maximum absolute atomic E-state index is 13.8. The number of alkyl halides is 2. The minimum absolute atomic E-state index is 0.0160. The van der Waals surface area contributed by atoms with Crippen LogP contribution in [0.4, 0.5) is 23.2 Å². The van der Waals surface area contributed by atoms with E-state index in [1.807, 2.05) is 0 Å². The van der Waals surface area contributed by atoms with Crippen molar-refractivity contribution in [1.29, 1.82) is 0 Å². The van der Waals surface area contributed by atoms with Gasteiger partial charge in [0.2, 0.25) is 0 Å². The number of aromatic amines is 1. The smallest absolute Gasteiger partial charge is 0.294 e. The van der Waals surface area contributed by atoms with Gasteiger partial charge in [0.25, 0.3) is 23.5 Å². The van der Waals surface area contributed by atoms with Crippen molar-refractivity contribution in [2.45, 2.75) is 50.6 Å². The highest BCUT2D eigenvalue weighted by Crippen LogP contribution is 2.51. The fraction of sp³-hybridized carbons (Fsp3) is 0.348. The number of hydrogen-bond donors (Lipinski definition) is 3. The summed E-state index contributed by atoms with van der Waals surface area (Å²) in [4.78, 5) is 39.3. The molecule has 3 N–H and O–H groups in total. The molecule has 0 radical (unpaired) electrons. The maximum Gasteiger partial charge on any atom is 0.294 e. The molecular formula is C23H20F4N6O3. The normalized spacial score (nSPS) is 17.2. The number of benzene rings is 1. The lowest BCUT2D eigenvalue weighted by atomic mass is 9.71. The summed E-state index contributed by atoms with van der Waals surface area (Å²) >= 11 is 0. The number of halogens is 4. The Morgan fingerprint density at radius 2 is 1.89 bits per heavy atom. The van der Waals surface area contributed by atoms with Crippen molar-refractivity contribution in [3.05, 3.63) is 64.2 Å². The van der Waals surface area contributed by atoms with Crippen LogP contribution in [0.25, 0.3) is 0 Å². The third-order valence-electron chi connectivity index (χ3n) is 6.61. The average Bonchev–Trinajstić information content (AvgIpc) is 3.52. The van der Waals surface area contributed by atoms with Crippen LogP contribution in [0.5, 0.6) is 0 Å². The second-order valence-electron chi connectivity index (χ2n) is 9.06. The van der Waals surface area contributed by atoms with E-state index in [4.69, 9.17) is 0 Å². The molecule has 1 aliphatic carbocycles. The van der Waals surface area contributed by atoms with Gasteiger partial charge in [-0.05, 0) is 37.5 Å². The summed E-state index contributed by atoms with van der Waals surface area (Å²) in [5.41, 5.74) is -0.596. The van der Waals surface area contributed by atoms with Gasteiger partial charge in [0.05, 0.1) is 23.0 Å². The number of hydrogen-bond acceptors (Lipinski definition) is 5. The third-order valence-corrected chi connectivity index (χ3v) is 6.61. The molecule has 0 saturated heterocycles. The van der Waals surface area contributed by atoms with Crippen LogP contribution in [-0.4, -0.2) is 43.5 Å². The first-order valence-corrected chi connectivity index (χ1v) is 11.1. The lowest BCUT2D eigenvalue weighted by molar-refractivity contribution is -0.148. The molecule has 0 spiro atoms. The molecule has 1 fully saturated rings. The second-order valence-corrected chi connectivity index (χ2v) is 9.06. The van der Waals surface area contributed by atoms with Crippen molar-refractivity contribution in [2.75, 3.05) is 5.32 Å². The van der Waals surface area contributed by atoms with E-state index in [-0.39, 0.29) is 28.2 Å². The minimum Gasteiger partial charge on any atom is -0.341 e. The number of Topliss-reactive ketones (excluding diaryl/α,β-unsaturated/α-hetero) is 1. The molecule has 3 aromatic rings. The molecule has 9 nitrogen and oxygen atoms in total. The predicted octanol–water partition coefficient (Wildman–Crippen LogP) is 3.01. The molecule has 1 saturated carbocycles. The second kappa shape index (κ2) is 8.28. The molecule has 36 heavy (non-hydrogen) atoms. The minimum atomic E-state index is -3.04. The summed E-state index contributed by atoms with van der Waals surface area (Å²) in [6.45, 7) is 1.87. The number of carbonyl (C=O) groups excluding carboxylic acids is 3. The van der Waals surface area contributed by atoms with Crippen LogP contribution in [0.15, 0.2) is 24.4 Å². The summed E-state index contributed by atoms with van der Waals surface area (Å²) in [5, 5.41) is 14.6. The summed E-state index contributed by atoms with van der Waals surface area (Å²) < 4.78 is 55.9. The van der Waals surface area contributed by atoms with Crippen molar-refractivity contribution in [2.24, 2.45) is 0 Å². The van der Waals surface area contributed by atoms with Crippen molar-refractivity contribution in [3.63, 3.8) is 0 Å². The number of aromatic nitrogens is 4. The zero-order valence-electron chi connectivity index (χ0n) is 18.9. The number of fused-ring (bicyclic) bond motifs is 1. The maximum atomic E-state index is 13.8. The average molecular weight is 504 g/mol. The Morgan fingerprint density at radius 1 is 1.14 bits per heavy atom. The Morgan fingerprint density at radius 3 is 2.53 bits per heavy atom. The van der Waals surface area contributed by atoms with Gasteiger partial charge in [-0.15, -0.1) is 0 Å². The number of anilines is 1. The SMILES string of the molecule is Cc1c(C(=O)Nc2ccc(F)c(F)c2)c2n(c1C(=O)C(=O)NC1(c3cn[nH]n3)CC(F)(F)C1)CCC2. The van der Waals surface area contributed by atoms with Crippen LogP contribution in [0.1, 0.15) is 57.1 Å². The van der Waals surface area contributed by atoms with Gasteiger partial charge in [-0.1, -0.05) is 0 Å². The molecule has 2 amide bonds. The monoisotopic (exact) mass is 504 g/mol. The molecule has 5 rings (SSSR count). The van der Waals surface area contributed by atoms with Crippen molar-refractivity contribution < 1.29 is 31.9 Å². The van der Waals surface area contributed by atoms with Gasteiger partial charge in [0.1, 0.15) is 5.69 Å². The largest absolute Gasteiger partial charge is 0.341 e. The zero-order valence-corrected chi connectivity index (χ0v) is 18.9. The number of H-pyrrole nitrogens is 1. The molecule has 1 aromatic carbocycles. The predicted molar refractivity (Wildman–Crippen MR) is 117 cm³/mol. The lowest BCUT2D eigenvalue weighted by Crippen LogP contribution is -2.61. The number of ketones is 1. The molecule has 2 aromatic heterocycles. The van der Waals surface area contributed by atoms with E-state index in [2.05, 4.69) is 26.0 Å². The zero-order chi connectivity index (χ0) is 25.8. The van der Waals surface area contributed by atoms with Crippen LogP contribution in [-0.2, 0) is 23.3 Å². The van der Waals surface area contributed by atoms with Crippen LogP contribution >= 0.6 is 0 Å². The molecule has 2 aliphatic rings. The Balaban J connectivity index is 1.43. The van der Waals surface area contributed by atoms with E-state index >= 15 is 0 Å². The fourth-order valence-corrected chi connectivity index (χ4v) is 5.06. The van der Waals surface area contributed by atoms with E-state index in [0.717, 1.165) is 12.1 Å². The Hall–Kier alpha value is -4.03. The van der Waals surface area contributed by atoms with E-state index in [9.17, 15) is 31.9 Å². The van der Waals surface area contributed by atoms with E-state index < -0.39 is 53.5 Å². The molecule has 188 valence electrons. The summed E-state index contributed by atoms with van der Waals surface area (Å²) in [5.74, 6) is -7.99. The van der Waals surface area contributed by atoms with E-state index in [1.54, 1.807) is 4.57 Å². The fourth-order valence-electron chi connectivity index (χ4n) is 5.06. The standard InChI is InChI=1S/C23H20F4N6O3/c1-11-17(20(35)29-12-4-5-13(24)14(25)7-12)15-3-2-6-33(15)18(11)19(34)21(36)30-22(9-23(26,27)10-22)16-8-28-32-31-16/h4-5,7-8H,2-3,6,9-10H2,1H3,(H,29,35)(H,30,36)(H,28,31,32). The van der Waals surface area contributed by atoms with Gasteiger partial charge < -0.3 is 15.2 Å². The third kappa shape index (κ3) is 3.84. The summed E-state index contributed by atoms with van der Waals surface area (Å²) in [6.07, 6.45) is 0.793. The molecule has 3 heterocycles. The molecule has 0 unspecified atom stereocenters. The first-order valence-electron chi connectivity index (χ1n) is 11.1. The number of rotatable bonds is 6. The molecule has 0 bridgehead atoms. The van der Waals surface area contributed by atoms with Gasteiger partial charge >= 0.3 is 0 Å². The van der Waals surface area contributed by atoms with Crippen LogP contribution in [0.2, 0.25) is 0 Å². The number of nitrogens with one attached hydrogen (secondary N) is 3. The van der Waals surface area contributed by atoms with Gasteiger partial charge in [0.15, 0.2) is 11.6 Å². The molecule has 0 atom stereocenters. The van der Waals surface area contributed by atoms with Gasteiger partial charge in [-0.3, -0.25) is 14.4 Å². The Kier molecular flexibility index (Phi) is 5.45. The van der Waals surface area contributed by atoms with Gasteiger partial charge in [0, 0.05) is 36.8 Å². The van der Waals surface area contributed by atoms with E-state index in [0.29, 0.717) is 25.1 Å². The van der Waals surface area contributed by atoms with Gasteiger partial charge in [-0.25, -0.2) is 17.6 Å². The molecule has 1 aliphatic heterocycles. The van der Waals surface area contributed by atoms with Gasteiger partial charge in [-0.2, -0.15) is 15.4 Å². The quantitative estimate of drug-likeness (QED) is 0.271. The topological polar surface area (TPSA) is 122 Å². The lowest BCUT2D eigenvalue weighted by Gasteiger charge is -2.46. The summed E-state index contributed by atoms with van der Waals surface area (Å²) in [6, 6.07) is 2.89. The van der Waals surface area contributed by atoms with Crippen LogP contribution in [0.3, 0.4) is 0 Å². The van der Waals surface area contributed by atoms with E-state index in [1.165, 1.54) is 19.2 Å². The van der Waals surface area contributed by atoms with Crippen molar-refractivity contribution in [3.8, 4) is 0 Å². The summed E-state index contributed by atoms with van der Waals surface area (Å²) in [7, 11) is 0. The number of nitrogens with zero attached hydrogens (tertiary/aromatic N) is 3. The highest BCUT2D eigenvalue weighted by molar-refractivity contribution is 6.43. The Bertz CT molecular complexity index is 1390. The highest BCUT2D eigenvalue weighted by atomic mass is 19.3. The molecule has 13 heteroatoms. The molecular weight excluding hydrogens is 484 g/mol.